The van der Waals surface area contributed by atoms with Crippen LogP contribution in [-0.2, 0) is 9.59 Å². The number of unbranched alkanes of at least 4 members (excludes halogenated alkanes) is 1. The number of hydrogen-bond donors (Lipinski definition) is 2. The predicted molar refractivity (Wildman–Crippen MR) is 101 cm³/mol. The number of carboxylic acid groups (broad SMARTS) is 1. The van der Waals surface area contributed by atoms with E-state index in [0.717, 1.165) is 12.8 Å². The van der Waals surface area contributed by atoms with Crippen molar-refractivity contribution in [2.45, 2.75) is 77.5 Å². The Bertz CT molecular complexity index is 500. The van der Waals surface area contributed by atoms with Gasteiger partial charge in [0.25, 0.3) is 0 Å². The Labute approximate surface area is 156 Å². The van der Waals surface area contributed by atoms with Crippen LogP contribution in [0.3, 0.4) is 0 Å². The van der Waals surface area contributed by atoms with Crippen LogP contribution in [0.2, 0.25) is 0 Å². The zero-order valence-corrected chi connectivity index (χ0v) is 15.9. The molecule has 1 aliphatic rings. The highest BCUT2D eigenvalue weighted by Gasteiger charge is 2.37. The summed E-state index contributed by atoms with van der Waals surface area (Å²) in [4.78, 5) is 22.8. The number of Topliss-reactive ketones (excluding diaryl/α,β-unsaturated/α-hetero) is 1. The first kappa shape index (κ1) is 22.6. The van der Waals surface area contributed by atoms with Gasteiger partial charge in [0.1, 0.15) is 12.0 Å². The molecule has 0 saturated heterocycles. The Hall–Kier alpha value is -1.49. The summed E-state index contributed by atoms with van der Waals surface area (Å²) in [5.74, 6) is -0.663. The van der Waals surface area contributed by atoms with Gasteiger partial charge in [-0.3, -0.25) is 4.79 Å². The third-order valence-electron chi connectivity index (χ3n) is 5.13. The number of aliphatic carboxylic acids is 1. The first-order valence-corrected chi connectivity index (χ1v) is 9.76. The molecule has 0 aliphatic heterocycles. The van der Waals surface area contributed by atoms with E-state index in [2.05, 4.69) is 13.8 Å². The molecule has 26 heavy (non-hydrogen) atoms. The molecule has 5 atom stereocenters. The lowest BCUT2D eigenvalue weighted by Gasteiger charge is -2.17. The molecule has 1 aliphatic carbocycles. The van der Waals surface area contributed by atoms with Gasteiger partial charge in [0.05, 0.1) is 0 Å². The van der Waals surface area contributed by atoms with E-state index in [1.807, 2.05) is 24.3 Å². The van der Waals surface area contributed by atoms with E-state index in [0.29, 0.717) is 32.1 Å². The quantitative estimate of drug-likeness (QED) is 0.498. The van der Waals surface area contributed by atoms with Crippen LogP contribution in [0.1, 0.15) is 65.2 Å². The highest BCUT2D eigenvalue weighted by Crippen LogP contribution is 2.37. The van der Waals surface area contributed by atoms with Crippen molar-refractivity contribution in [3.05, 3.63) is 24.3 Å². The minimum atomic E-state index is -1.34. The fraction of sp³-hybridized carbons (Fsp3) is 0.714. The zero-order chi connectivity index (χ0) is 19.5. The lowest BCUT2D eigenvalue weighted by Crippen LogP contribution is -2.18. The highest BCUT2D eigenvalue weighted by atomic mass is 19.1. The maximum Gasteiger partial charge on any atom is 0.332 e. The normalized spacial score (nSPS) is 26.0. The smallest absolute Gasteiger partial charge is 0.332 e. The number of aliphatic hydroxyl groups excluding tert-OH is 1. The van der Waals surface area contributed by atoms with Crippen LogP contribution in [0.25, 0.3) is 0 Å². The molecular formula is C21H33FO4. The monoisotopic (exact) mass is 368 g/mol. The van der Waals surface area contributed by atoms with E-state index in [1.54, 1.807) is 0 Å². The number of hydrogen-bond acceptors (Lipinski definition) is 3. The molecule has 5 heteroatoms. The second-order valence-corrected chi connectivity index (χ2v) is 7.37. The average Bonchev–Trinajstić information content (AvgIpc) is 2.86. The zero-order valence-electron chi connectivity index (χ0n) is 15.9. The largest absolute Gasteiger partial charge is 0.479 e. The first-order valence-electron chi connectivity index (χ1n) is 9.76. The van der Waals surface area contributed by atoms with Crippen LogP contribution in [0, 0.1) is 17.8 Å². The van der Waals surface area contributed by atoms with Gasteiger partial charge >= 0.3 is 5.97 Å². The van der Waals surface area contributed by atoms with Crippen LogP contribution in [-0.4, -0.2) is 34.2 Å². The van der Waals surface area contributed by atoms with Gasteiger partial charge in [-0.05, 0) is 43.9 Å². The van der Waals surface area contributed by atoms with E-state index in [-0.39, 0.29) is 30.0 Å². The Balaban J connectivity index is 2.48. The minimum Gasteiger partial charge on any atom is -0.479 e. The van der Waals surface area contributed by atoms with Crippen molar-refractivity contribution in [1.82, 2.24) is 0 Å². The molecule has 4 nitrogen and oxygen atoms in total. The molecule has 0 aromatic heterocycles. The van der Waals surface area contributed by atoms with Gasteiger partial charge in [0.2, 0.25) is 0 Å². The molecule has 0 aromatic carbocycles. The molecule has 1 fully saturated rings. The van der Waals surface area contributed by atoms with Crippen LogP contribution in [0.5, 0.6) is 0 Å². The maximum absolute atomic E-state index is 13.8. The van der Waals surface area contributed by atoms with Gasteiger partial charge in [-0.15, -0.1) is 0 Å². The van der Waals surface area contributed by atoms with Gasteiger partial charge < -0.3 is 10.2 Å². The van der Waals surface area contributed by atoms with E-state index in [9.17, 15) is 19.1 Å². The van der Waals surface area contributed by atoms with Crippen molar-refractivity contribution in [2.24, 2.45) is 17.8 Å². The van der Waals surface area contributed by atoms with Gasteiger partial charge in [0, 0.05) is 12.3 Å². The molecule has 0 amide bonds. The van der Waals surface area contributed by atoms with E-state index in [4.69, 9.17) is 5.11 Å². The Kier molecular flexibility index (Phi) is 10.4. The van der Waals surface area contributed by atoms with Crippen LogP contribution < -0.4 is 0 Å². The molecule has 0 aromatic rings. The lowest BCUT2D eigenvalue weighted by molar-refractivity contribution is -0.146. The van der Waals surface area contributed by atoms with Crippen molar-refractivity contribution >= 4 is 11.8 Å². The predicted octanol–water partition coefficient (Wildman–Crippen LogP) is 4.47. The van der Waals surface area contributed by atoms with Gasteiger partial charge in [-0.25, -0.2) is 9.18 Å². The SMILES string of the molecule is CCCC[C@@H](F)CC=C[C@H]1[C@H](C)CC(=O)[C@@H]1CC=CCCC(O)C(=O)O. The lowest BCUT2D eigenvalue weighted by atomic mass is 9.87. The van der Waals surface area contributed by atoms with Gasteiger partial charge in [-0.1, -0.05) is 51.0 Å². The summed E-state index contributed by atoms with van der Waals surface area (Å²) >= 11 is 0. The molecule has 0 spiro atoms. The number of carboxylic acids is 1. The third-order valence-corrected chi connectivity index (χ3v) is 5.13. The number of alkyl halides is 1. The second kappa shape index (κ2) is 12.0. The summed E-state index contributed by atoms with van der Waals surface area (Å²) in [5, 5.41) is 17.9. The molecular weight excluding hydrogens is 335 g/mol. The first-order chi connectivity index (χ1) is 12.4. The van der Waals surface area contributed by atoms with Crippen LogP contribution >= 0.6 is 0 Å². The van der Waals surface area contributed by atoms with E-state index >= 15 is 0 Å². The summed E-state index contributed by atoms with van der Waals surface area (Å²) < 4.78 is 13.8. The topological polar surface area (TPSA) is 74.6 Å². The molecule has 1 saturated carbocycles. The van der Waals surface area contributed by atoms with Crippen molar-refractivity contribution < 1.29 is 24.2 Å². The van der Waals surface area contributed by atoms with Crippen LogP contribution in [0.15, 0.2) is 24.3 Å². The maximum atomic E-state index is 13.8. The number of aliphatic hydroxyl groups is 1. The Morgan fingerprint density at radius 1 is 1.31 bits per heavy atom. The van der Waals surface area contributed by atoms with E-state index in [1.165, 1.54) is 0 Å². The number of rotatable bonds is 12. The number of carbonyl (C=O) groups excluding carboxylic acids is 1. The van der Waals surface area contributed by atoms with E-state index < -0.39 is 18.2 Å². The standard InChI is InChI=1S/C21H33FO4/c1-3-4-9-16(22)10-8-12-17-15(2)14-20(24)18(17)11-6-5-7-13-19(23)21(25)26/h5-6,8,12,15-19,23H,3-4,7,9-11,13-14H2,1-2H3,(H,25,26)/t15-,16-,17+,18-,19?/m1/s1. The molecule has 1 rings (SSSR count). The summed E-state index contributed by atoms with van der Waals surface area (Å²) in [6, 6.07) is 0. The van der Waals surface area contributed by atoms with Gasteiger partial charge in [0.15, 0.2) is 6.10 Å². The van der Waals surface area contributed by atoms with Gasteiger partial charge in [-0.2, -0.15) is 0 Å². The fourth-order valence-electron chi connectivity index (χ4n) is 3.49. The van der Waals surface area contributed by atoms with Crippen molar-refractivity contribution in [3.8, 4) is 0 Å². The highest BCUT2D eigenvalue weighted by molar-refractivity contribution is 5.84. The average molecular weight is 368 g/mol. The molecule has 0 radical (unpaired) electrons. The fourth-order valence-corrected chi connectivity index (χ4v) is 3.49. The summed E-state index contributed by atoms with van der Waals surface area (Å²) in [6.45, 7) is 4.11. The third kappa shape index (κ3) is 7.81. The summed E-state index contributed by atoms with van der Waals surface area (Å²) in [5.41, 5.74) is 0. The number of halogens is 1. The molecule has 148 valence electrons. The summed E-state index contributed by atoms with van der Waals surface area (Å²) in [7, 11) is 0. The molecule has 1 unspecified atom stereocenters. The number of allylic oxidation sites excluding steroid dienone is 4. The summed E-state index contributed by atoms with van der Waals surface area (Å²) in [6.07, 6.45) is 10.2. The Morgan fingerprint density at radius 3 is 2.69 bits per heavy atom. The Morgan fingerprint density at radius 2 is 2.04 bits per heavy atom. The van der Waals surface area contributed by atoms with Crippen molar-refractivity contribution in [2.75, 3.05) is 0 Å². The number of carbonyl (C=O) groups is 2. The molecule has 0 heterocycles. The number of ketones is 1. The van der Waals surface area contributed by atoms with Crippen molar-refractivity contribution in [3.63, 3.8) is 0 Å². The second-order valence-electron chi connectivity index (χ2n) is 7.37. The molecule has 2 N–H and O–H groups in total. The van der Waals surface area contributed by atoms with Crippen LogP contribution in [0.4, 0.5) is 4.39 Å². The minimum absolute atomic E-state index is 0.0874. The van der Waals surface area contributed by atoms with Crippen molar-refractivity contribution in [1.29, 1.82) is 0 Å². The molecule has 0 bridgehead atoms.